The molecule has 36 heavy (non-hydrogen) atoms. The molecule has 1 saturated heterocycles. The summed E-state index contributed by atoms with van der Waals surface area (Å²) in [5.41, 5.74) is 9.30. The molecule has 1 unspecified atom stereocenters. The van der Waals surface area contributed by atoms with E-state index in [1.165, 1.54) is 6.07 Å². The molecule has 2 heterocycles. The Hall–Kier alpha value is -3.23. The van der Waals surface area contributed by atoms with Crippen LogP contribution < -0.4 is 5.73 Å². The predicted molar refractivity (Wildman–Crippen MR) is 137 cm³/mol. The van der Waals surface area contributed by atoms with Gasteiger partial charge in [-0.05, 0) is 23.3 Å². The maximum atomic E-state index is 14.5. The van der Waals surface area contributed by atoms with Crippen LogP contribution in [0.3, 0.4) is 0 Å². The third kappa shape index (κ3) is 5.29. The van der Waals surface area contributed by atoms with Gasteiger partial charge in [-0.2, -0.15) is 0 Å². The van der Waals surface area contributed by atoms with Crippen LogP contribution in [0.15, 0.2) is 78.9 Å². The van der Waals surface area contributed by atoms with E-state index in [4.69, 9.17) is 19.9 Å². The molecule has 0 bridgehead atoms. The van der Waals surface area contributed by atoms with E-state index in [1.807, 2.05) is 71.3 Å². The van der Waals surface area contributed by atoms with Gasteiger partial charge in [-0.15, -0.1) is 0 Å². The van der Waals surface area contributed by atoms with Crippen molar-refractivity contribution in [1.29, 1.82) is 0 Å². The molecule has 1 aliphatic heterocycles. The van der Waals surface area contributed by atoms with Gasteiger partial charge in [-0.3, -0.25) is 0 Å². The van der Waals surface area contributed by atoms with Gasteiger partial charge in [-0.1, -0.05) is 60.7 Å². The first-order chi connectivity index (χ1) is 17.5. The summed E-state index contributed by atoms with van der Waals surface area (Å²) in [6, 6.07) is 24.9. The lowest BCUT2D eigenvalue weighted by Gasteiger charge is -2.42. The Morgan fingerprint density at radius 2 is 1.58 bits per heavy atom. The molecule has 3 N–H and O–H groups in total. The van der Waals surface area contributed by atoms with E-state index in [1.54, 1.807) is 6.07 Å². The molecular weight excluding hydrogens is 459 g/mol. The molecule has 6 nitrogen and oxygen atoms in total. The van der Waals surface area contributed by atoms with Crippen molar-refractivity contribution < 1.29 is 23.7 Å². The zero-order valence-corrected chi connectivity index (χ0v) is 20.1. The third-order valence-corrected chi connectivity index (χ3v) is 6.62. The Morgan fingerprint density at radius 1 is 0.944 bits per heavy atom. The number of halogens is 1. The Bertz CT molecular complexity index is 1290. The van der Waals surface area contributed by atoms with Crippen LogP contribution in [0, 0.1) is 5.82 Å². The summed E-state index contributed by atoms with van der Waals surface area (Å²) in [5, 5.41) is 11.7. The van der Waals surface area contributed by atoms with Gasteiger partial charge in [0.25, 0.3) is 0 Å². The fourth-order valence-electron chi connectivity index (χ4n) is 4.68. The number of anilines is 1. The molecule has 5 rings (SSSR count). The minimum absolute atomic E-state index is 0.0946. The monoisotopic (exact) mass is 490 g/mol. The number of fused-ring (bicyclic) bond motifs is 1. The summed E-state index contributed by atoms with van der Waals surface area (Å²) < 4.78 is 33.9. The lowest BCUT2D eigenvalue weighted by molar-refractivity contribution is -0.105. The highest BCUT2D eigenvalue weighted by molar-refractivity contribution is 5.85. The van der Waals surface area contributed by atoms with Gasteiger partial charge < -0.3 is 29.6 Å². The van der Waals surface area contributed by atoms with Crippen LogP contribution in [0.5, 0.6) is 0 Å². The zero-order chi connectivity index (χ0) is 25.0. The van der Waals surface area contributed by atoms with Crippen molar-refractivity contribution in [1.82, 2.24) is 4.57 Å². The van der Waals surface area contributed by atoms with E-state index < -0.39 is 17.3 Å². The van der Waals surface area contributed by atoms with E-state index in [9.17, 15) is 9.50 Å². The molecule has 3 aromatic carbocycles. The molecule has 1 aromatic heterocycles. The highest BCUT2D eigenvalue weighted by Gasteiger charge is 2.43. The van der Waals surface area contributed by atoms with Crippen molar-refractivity contribution in [3.63, 3.8) is 0 Å². The number of nitrogen functional groups attached to an aromatic ring is 1. The van der Waals surface area contributed by atoms with Gasteiger partial charge in [0.2, 0.25) is 0 Å². The second-order valence-electron chi connectivity index (χ2n) is 9.48. The Balaban J connectivity index is 1.36. The first-order valence-electron chi connectivity index (χ1n) is 12.1. The standard InChI is InChI=1S/C29H31FN2O4/c30-25-13-27-23(11-26(25)31)12-28(29(19-36-20-29)18-35-16-22-9-5-2-6-10-22)32(27)14-24(33)17-34-15-21-7-3-1-4-8-21/h1-13,24,33H,14-20,31H2. The molecule has 1 atom stereocenters. The van der Waals surface area contributed by atoms with Gasteiger partial charge in [0.05, 0.1) is 68.9 Å². The lowest BCUT2D eigenvalue weighted by atomic mass is 9.83. The molecule has 1 aliphatic rings. The van der Waals surface area contributed by atoms with E-state index >= 15 is 0 Å². The van der Waals surface area contributed by atoms with Crippen LogP contribution in [0.25, 0.3) is 10.9 Å². The molecular formula is C29H31FN2O4. The van der Waals surface area contributed by atoms with E-state index in [2.05, 4.69) is 0 Å². The smallest absolute Gasteiger partial charge is 0.148 e. The molecule has 0 saturated carbocycles. The number of aliphatic hydroxyl groups excluding tert-OH is 1. The summed E-state index contributed by atoms with van der Waals surface area (Å²) in [4.78, 5) is 0. The van der Waals surface area contributed by atoms with Crippen molar-refractivity contribution >= 4 is 16.6 Å². The highest BCUT2D eigenvalue weighted by atomic mass is 19.1. The highest BCUT2D eigenvalue weighted by Crippen LogP contribution is 2.38. The summed E-state index contributed by atoms with van der Waals surface area (Å²) >= 11 is 0. The van der Waals surface area contributed by atoms with Gasteiger partial charge >= 0.3 is 0 Å². The van der Waals surface area contributed by atoms with E-state index in [-0.39, 0.29) is 18.8 Å². The van der Waals surface area contributed by atoms with E-state index in [0.29, 0.717) is 38.6 Å². The van der Waals surface area contributed by atoms with Crippen LogP contribution in [0.1, 0.15) is 16.8 Å². The van der Waals surface area contributed by atoms with Crippen LogP contribution in [-0.2, 0) is 39.4 Å². The summed E-state index contributed by atoms with van der Waals surface area (Å²) in [6.07, 6.45) is -0.785. The minimum atomic E-state index is -0.785. The third-order valence-electron chi connectivity index (χ3n) is 6.62. The van der Waals surface area contributed by atoms with Crippen molar-refractivity contribution in [3.05, 3.63) is 102 Å². The number of aliphatic hydroxyl groups is 1. The predicted octanol–water partition coefficient (Wildman–Crippen LogP) is 4.43. The maximum Gasteiger partial charge on any atom is 0.148 e. The molecule has 0 spiro atoms. The lowest BCUT2D eigenvalue weighted by Crippen LogP contribution is -2.51. The number of aromatic nitrogens is 1. The van der Waals surface area contributed by atoms with Crippen LogP contribution >= 0.6 is 0 Å². The second kappa shape index (κ2) is 10.8. The van der Waals surface area contributed by atoms with Gasteiger partial charge in [-0.25, -0.2) is 4.39 Å². The molecule has 7 heteroatoms. The molecule has 0 aliphatic carbocycles. The zero-order valence-electron chi connectivity index (χ0n) is 20.1. The number of ether oxygens (including phenoxy) is 3. The van der Waals surface area contributed by atoms with Crippen molar-refractivity contribution in [2.75, 3.05) is 32.2 Å². The maximum absolute atomic E-state index is 14.5. The quantitative estimate of drug-likeness (QED) is 0.304. The minimum Gasteiger partial charge on any atom is -0.396 e. The molecule has 0 amide bonds. The Labute approximate surface area is 210 Å². The Morgan fingerprint density at radius 3 is 2.19 bits per heavy atom. The van der Waals surface area contributed by atoms with E-state index in [0.717, 1.165) is 22.2 Å². The number of nitrogens with zero attached hydrogens (tertiary/aromatic N) is 1. The topological polar surface area (TPSA) is 78.9 Å². The number of benzene rings is 3. The van der Waals surface area contributed by atoms with Gasteiger partial charge in [0, 0.05) is 17.1 Å². The fraction of sp³-hybridized carbons (Fsp3) is 0.310. The van der Waals surface area contributed by atoms with Crippen LogP contribution in [0.2, 0.25) is 0 Å². The Kier molecular flexibility index (Phi) is 7.34. The average Bonchev–Trinajstić information content (AvgIpc) is 3.19. The van der Waals surface area contributed by atoms with Crippen molar-refractivity contribution in [3.8, 4) is 0 Å². The average molecular weight is 491 g/mol. The number of hydrogen-bond donors (Lipinski definition) is 2. The summed E-state index contributed by atoms with van der Waals surface area (Å²) in [6.45, 7) is 2.70. The first kappa shape index (κ1) is 24.5. The summed E-state index contributed by atoms with van der Waals surface area (Å²) in [5.74, 6) is -0.484. The molecule has 188 valence electrons. The van der Waals surface area contributed by atoms with Crippen LogP contribution in [-0.4, -0.2) is 42.2 Å². The van der Waals surface area contributed by atoms with Crippen molar-refractivity contribution in [2.24, 2.45) is 0 Å². The molecule has 1 fully saturated rings. The first-order valence-corrected chi connectivity index (χ1v) is 12.1. The number of rotatable bonds is 11. The van der Waals surface area contributed by atoms with Crippen molar-refractivity contribution in [2.45, 2.75) is 31.3 Å². The van der Waals surface area contributed by atoms with Crippen LogP contribution in [0.4, 0.5) is 10.1 Å². The fourth-order valence-corrected chi connectivity index (χ4v) is 4.68. The normalized spacial score (nSPS) is 15.6. The van der Waals surface area contributed by atoms with Gasteiger partial charge in [0.15, 0.2) is 0 Å². The van der Waals surface area contributed by atoms with Gasteiger partial charge in [0.1, 0.15) is 5.82 Å². The number of hydrogen-bond acceptors (Lipinski definition) is 5. The SMILES string of the molecule is Nc1cc2cc(C3(COCc4ccccc4)COC3)n(CC(O)COCc3ccccc3)c2cc1F. The second-order valence-corrected chi connectivity index (χ2v) is 9.48. The largest absolute Gasteiger partial charge is 0.396 e. The number of nitrogens with two attached hydrogens (primary N) is 1. The summed E-state index contributed by atoms with van der Waals surface area (Å²) in [7, 11) is 0. The molecule has 0 radical (unpaired) electrons. The molecule has 4 aromatic rings.